The summed E-state index contributed by atoms with van der Waals surface area (Å²) in [4.78, 5) is 12.6. The molecule has 0 saturated carbocycles. The summed E-state index contributed by atoms with van der Waals surface area (Å²) >= 11 is 3.43. The first-order chi connectivity index (χ1) is 15.3. The second-order valence-corrected chi connectivity index (χ2v) is 8.74. The largest absolute Gasteiger partial charge is 0.488 e. The van der Waals surface area contributed by atoms with Crippen molar-refractivity contribution in [3.05, 3.63) is 98.0 Å². The van der Waals surface area contributed by atoms with Crippen LogP contribution >= 0.6 is 15.9 Å². The van der Waals surface area contributed by atoms with Crippen molar-refractivity contribution in [1.82, 2.24) is 0 Å². The monoisotopic (exact) mass is 488 g/mol. The number of nitrogens with zero attached hydrogens (tertiary/aromatic N) is 1. The van der Waals surface area contributed by atoms with Crippen molar-refractivity contribution in [1.29, 1.82) is 5.26 Å². The van der Waals surface area contributed by atoms with Crippen LogP contribution in [-0.2, 0) is 11.4 Å². The molecule has 3 aromatic carbocycles. The maximum atomic E-state index is 12.6. The molecule has 0 unspecified atom stereocenters. The summed E-state index contributed by atoms with van der Waals surface area (Å²) in [6.07, 6.45) is 1.61. The second kappa shape index (κ2) is 10.3. The van der Waals surface area contributed by atoms with Crippen LogP contribution in [-0.4, -0.2) is 5.91 Å². The molecule has 3 aromatic rings. The number of carbonyl (C=O) groups excluding carboxylic acids is 1. The van der Waals surface area contributed by atoms with E-state index >= 15 is 0 Å². The van der Waals surface area contributed by atoms with Crippen LogP contribution in [0.15, 0.2) is 64.6 Å². The summed E-state index contributed by atoms with van der Waals surface area (Å²) < 4.78 is 7.07. The van der Waals surface area contributed by atoms with Gasteiger partial charge in [-0.3, -0.25) is 4.79 Å². The zero-order valence-electron chi connectivity index (χ0n) is 18.6. The summed E-state index contributed by atoms with van der Waals surface area (Å²) in [5.41, 5.74) is 6.69. The molecule has 0 bridgehead atoms. The van der Waals surface area contributed by atoms with E-state index in [1.807, 2.05) is 88.4 Å². The van der Waals surface area contributed by atoms with Gasteiger partial charge < -0.3 is 10.1 Å². The van der Waals surface area contributed by atoms with Gasteiger partial charge in [0.1, 0.15) is 24.0 Å². The molecular formula is C27H25BrN2O2. The van der Waals surface area contributed by atoms with Crippen LogP contribution in [0.2, 0.25) is 0 Å². The molecule has 32 heavy (non-hydrogen) atoms. The lowest BCUT2D eigenvalue weighted by Gasteiger charge is -2.14. The van der Waals surface area contributed by atoms with Gasteiger partial charge in [0.05, 0.1) is 0 Å². The Balaban J connectivity index is 1.77. The van der Waals surface area contributed by atoms with Gasteiger partial charge in [0, 0.05) is 10.2 Å². The van der Waals surface area contributed by atoms with Crippen molar-refractivity contribution >= 4 is 33.6 Å². The van der Waals surface area contributed by atoms with E-state index in [1.54, 1.807) is 6.08 Å². The van der Waals surface area contributed by atoms with E-state index in [0.717, 1.165) is 43.6 Å². The molecule has 0 aliphatic carbocycles. The zero-order chi connectivity index (χ0) is 23.3. The number of anilines is 1. The highest BCUT2D eigenvalue weighted by Crippen LogP contribution is 2.27. The van der Waals surface area contributed by atoms with Crippen molar-refractivity contribution in [2.24, 2.45) is 0 Å². The molecule has 1 N–H and O–H groups in total. The van der Waals surface area contributed by atoms with Crippen molar-refractivity contribution in [2.45, 2.75) is 34.3 Å². The van der Waals surface area contributed by atoms with Crippen LogP contribution in [0, 0.1) is 39.0 Å². The van der Waals surface area contributed by atoms with E-state index in [-0.39, 0.29) is 5.57 Å². The number of amides is 1. The number of ether oxygens (including phenoxy) is 1. The highest BCUT2D eigenvalue weighted by molar-refractivity contribution is 9.10. The van der Waals surface area contributed by atoms with Crippen LogP contribution in [0.25, 0.3) is 6.08 Å². The van der Waals surface area contributed by atoms with E-state index in [1.165, 1.54) is 0 Å². The van der Waals surface area contributed by atoms with Crippen LogP contribution in [0.5, 0.6) is 5.75 Å². The van der Waals surface area contributed by atoms with Gasteiger partial charge in [-0.05, 0) is 104 Å². The van der Waals surface area contributed by atoms with Crippen LogP contribution in [0.1, 0.15) is 33.4 Å². The van der Waals surface area contributed by atoms with Crippen LogP contribution in [0.3, 0.4) is 0 Å². The number of aryl methyl sites for hydroxylation is 4. The lowest BCUT2D eigenvalue weighted by Crippen LogP contribution is -2.13. The Morgan fingerprint density at radius 3 is 2.22 bits per heavy atom. The van der Waals surface area contributed by atoms with E-state index in [0.29, 0.717) is 12.3 Å². The van der Waals surface area contributed by atoms with Crippen molar-refractivity contribution in [3.8, 4) is 11.8 Å². The summed E-state index contributed by atoms with van der Waals surface area (Å²) in [7, 11) is 0. The number of halogens is 1. The molecule has 0 heterocycles. The second-order valence-electron chi connectivity index (χ2n) is 7.82. The van der Waals surface area contributed by atoms with E-state index < -0.39 is 5.91 Å². The van der Waals surface area contributed by atoms with Crippen molar-refractivity contribution in [3.63, 3.8) is 0 Å². The van der Waals surface area contributed by atoms with E-state index in [2.05, 4.69) is 21.2 Å². The molecule has 5 heteroatoms. The highest BCUT2D eigenvalue weighted by atomic mass is 79.9. The summed E-state index contributed by atoms with van der Waals surface area (Å²) in [6, 6.07) is 19.5. The number of carbonyl (C=O) groups is 1. The molecule has 0 spiro atoms. The van der Waals surface area contributed by atoms with Gasteiger partial charge in [0.2, 0.25) is 0 Å². The smallest absolute Gasteiger partial charge is 0.266 e. The molecule has 162 valence electrons. The minimum atomic E-state index is -0.429. The normalized spacial score (nSPS) is 11.1. The molecule has 0 radical (unpaired) electrons. The number of hydrogen-bond donors (Lipinski definition) is 1. The standard InChI is InChI=1S/C27H25BrN2O2/c1-17-5-10-25(13-18(17)2)30-27(31)23(15-29)14-22-11-19(3)26(20(4)12-22)32-16-21-6-8-24(28)9-7-21/h5-14H,16H2,1-4H3,(H,30,31)/b23-14+. The Morgan fingerprint density at radius 1 is 0.969 bits per heavy atom. The molecule has 0 aliphatic heterocycles. The zero-order valence-corrected chi connectivity index (χ0v) is 20.2. The Hall–Kier alpha value is -3.36. The van der Waals surface area contributed by atoms with Gasteiger partial charge >= 0.3 is 0 Å². The maximum absolute atomic E-state index is 12.6. The Morgan fingerprint density at radius 2 is 1.62 bits per heavy atom. The Kier molecular flexibility index (Phi) is 7.50. The average Bonchev–Trinajstić information content (AvgIpc) is 2.75. The molecule has 0 fully saturated rings. The SMILES string of the molecule is Cc1ccc(NC(=O)/C(C#N)=C/c2cc(C)c(OCc3ccc(Br)cc3)c(C)c2)cc1C. The first kappa shape index (κ1) is 23.3. The lowest BCUT2D eigenvalue weighted by molar-refractivity contribution is -0.112. The third-order valence-electron chi connectivity index (χ3n) is 5.22. The number of nitriles is 1. The van der Waals surface area contributed by atoms with Gasteiger partial charge in [0.15, 0.2) is 0 Å². The molecule has 0 aromatic heterocycles. The number of hydrogen-bond acceptors (Lipinski definition) is 3. The first-order valence-corrected chi connectivity index (χ1v) is 11.0. The Labute approximate surface area is 197 Å². The third-order valence-corrected chi connectivity index (χ3v) is 5.75. The van der Waals surface area contributed by atoms with E-state index in [9.17, 15) is 10.1 Å². The minimum Gasteiger partial charge on any atom is -0.488 e. The fourth-order valence-electron chi connectivity index (χ4n) is 3.36. The lowest BCUT2D eigenvalue weighted by atomic mass is 10.0. The first-order valence-electron chi connectivity index (χ1n) is 10.3. The number of benzene rings is 3. The predicted octanol–water partition coefficient (Wildman–Crippen LogP) is 6.81. The van der Waals surface area contributed by atoms with Crippen molar-refractivity contribution < 1.29 is 9.53 Å². The van der Waals surface area contributed by atoms with Gasteiger partial charge in [-0.15, -0.1) is 0 Å². The van der Waals surface area contributed by atoms with Gasteiger partial charge in [-0.1, -0.05) is 34.1 Å². The minimum absolute atomic E-state index is 0.0468. The highest BCUT2D eigenvalue weighted by Gasteiger charge is 2.12. The van der Waals surface area contributed by atoms with Gasteiger partial charge in [-0.25, -0.2) is 0 Å². The fraction of sp³-hybridized carbons (Fsp3) is 0.185. The molecule has 0 saturated heterocycles. The molecule has 0 aliphatic rings. The quantitative estimate of drug-likeness (QED) is 0.306. The predicted molar refractivity (Wildman–Crippen MR) is 133 cm³/mol. The summed E-state index contributed by atoms with van der Waals surface area (Å²) in [6.45, 7) is 8.38. The third kappa shape index (κ3) is 5.87. The molecule has 0 atom stereocenters. The van der Waals surface area contributed by atoms with Crippen LogP contribution in [0.4, 0.5) is 5.69 Å². The van der Waals surface area contributed by atoms with Gasteiger partial charge in [-0.2, -0.15) is 5.26 Å². The number of rotatable bonds is 6. The average molecular weight is 489 g/mol. The summed E-state index contributed by atoms with van der Waals surface area (Å²) in [5.74, 6) is 0.379. The topological polar surface area (TPSA) is 62.1 Å². The molecule has 1 amide bonds. The Bertz CT molecular complexity index is 1200. The maximum Gasteiger partial charge on any atom is 0.266 e. The molecular weight excluding hydrogens is 464 g/mol. The molecule has 3 rings (SSSR count). The van der Waals surface area contributed by atoms with Crippen LogP contribution < -0.4 is 10.1 Å². The summed E-state index contributed by atoms with van der Waals surface area (Å²) in [5, 5.41) is 12.4. The fourth-order valence-corrected chi connectivity index (χ4v) is 3.63. The van der Waals surface area contributed by atoms with Crippen molar-refractivity contribution in [2.75, 3.05) is 5.32 Å². The molecule has 4 nitrogen and oxygen atoms in total. The van der Waals surface area contributed by atoms with Gasteiger partial charge in [0.25, 0.3) is 5.91 Å². The number of nitrogens with one attached hydrogen (secondary N) is 1. The van der Waals surface area contributed by atoms with E-state index in [4.69, 9.17) is 4.74 Å².